The van der Waals surface area contributed by atoms with Crippen LogP contribution in [0, 0.1) is 6.92 Å². The quantitative estimate of drug-likeness (QED) is 0.517. The Morgan fingerprint density at radius 2 is 2.05 bits per heavy atom. The molecule has 0 spiro atoms. The number of amides is 1. The van der Waals surface area contributed by atoms with Crippen molar-refractivity contribution in [2.75, 3.05) is 0 Å². The predicted molar refractivity (Wildman–Crippen MR) is 78.6 cm³/mol. The average molecular weight is 291 g/mol. The fourth-order valence-electron chi connectivity index (χ4n) is 1.81. The second-order valence-electron chi connectivity index (χ2n) is 4.33. The van der Waals surface area contributed by atoms with Gasteiger partial charge in [-0.2, -0.15) is 0 Å². The minimum atomic E-state index is -0.337. The maximum atomic E-state index is 11.6. The summed E-state index contributed by atoms with van der Waals surface area (Å²) >= 11 is 5.96. The molecule has 1 amide bonds. The second-order valence-corrected chi connectivity index (χ2v) is 4.74. The fraction of sp³-hybridized carbons (Fsp3) is 0.133. The normalized spacial score (nSPS) is 10.2. The summed E-state index contributed by atoms with van der Waals surface area (Å²) in [5.74, 6) is 5.53. The highest BCUT2D eigenvalue weighted by Crippen LogP contribution is 2.22. The van der Waals surface area contributed by atoms with Crippen LogP contribution in [0.1, 0.15) is 21.5 Å². The van der Waals surface area contributed by atoms with Crippen LogP contribution >= 0.6 is 11.6 Å². The van der Waals surface area contributed by atoms with E-state index >= 15 is 0 Å². The Balaban J connectivity index is 2.14. The van der Waals surface area contributed by atoms with Crippen molar-refractivity contribution in [1.29, 1.82) is 0 Å². The van der Waals surface area contributed by atoms with Gasteiger partial charge >= 0.3 is 0 Å². The molecule has 2 rings (SSSR count). The molecular weight excluding hydrogens is 276 g/mol. The number of nitrogen functional groups attached to an aromatic ring is 1. The molecule has 20 heavy (non-hydrogen) atoms. The highest BCUT2D eigenvalue weighted by molar-refractivity contribution is 6.31. The van der Waals surface area contributed by atoms with E-state index in [1.165, 1.54) is 0 Å². The SMILES string of the molecule is Cc1cc(OCc2ccccc2C(=O)NN)ccc1Cl. The molecule has 0 aromatic heterocycles. The van der Waals surface area contributed by atoms with Gasteiger partial charge in [-0.25, -0.2) is 5.84 Å². The zero-order valence-electron chi connectivity index (χ0n) is 11.0. The summed E-state index contributed by atoms with van der Waals surface area (Å²) in [5.41, 5.74) is 4.33. The summed E-state index contributed by atoms with van der Waals surface area (Å²) in [7, 11) is 0. The Labute approximate surface area is 122 Å². The van der Waals surface area contributed by atoms with E-state index in [0.29, 0.717) is 16.3 Å². The molecule has 0 bridgehead atoms. The third-order valence-electron chi connectivity index (χ3n) is 2.92. The van der Waals surface area contributed by atoms with Gasteiger partial charge in [-0.05, 0) is 36.8 Å². The van der Waals surface area contributed by atoms with Crippen LogP contribution in [-0.4, -0.2) is 5.91 Å². The number of hydrogen-bond donors (Lipinski definition) is 2. The Kier molecular flexibility index (Phi) is 4.61. The standard InChI is InChI=1S/C15H15ClN2O2/c1-10-8-12(6-7-14(10)16)20-9-11-4-2-3-5-13(11)15(19)18-17/h2-8H,9,17H2,1H3,(H,18,19). The highest BCUT2D eigenvalue weighted by Gasteiger charge is 2.10. The Morgan fingerprint density at radius 1 is 1.30 bits per heavy atom. The molecule has 104 valence electrons. The lowest BCUT2D eigenvalue weighted by Gasteiger charge is -2.11. The van der Waals surface area contributed by atoms with Crippen LogP contribution in [0.5, 0.6) is 5.75 Å². The molecule has 0 aliphatic rings. The van der Waals surface area contributed by atoms with E-state index < -0.39 is 0 Å². The van der Waals surface area contributed by atoms with E-state index in [1.807, 2.05) is 25.1 Å². The van der Waals surface area contributed by atoms with Gasteiger partial charge in [-0.3, -0.25) is 10.2 Å². The lowest BCUT2D eigenvalue weighted by molar-refractivity contribution is 0.0951. The average Bonchev–Trinajstić information content (AvgIpc) is 2.48. The molecular formula is C15H15ClN2O2. The number of nitrogens with one attached hydrogen (secondary N) is 1. The highest BCUT2D eigenvalue weighted by atomic mass is 35.5. The van der Waals surface area contributed by atoms with E-state index in [-0.39, 0.29) is 12.5 Å². The van der Waals surface area contributed by atoms with Crippen molar-refractivity contribution in [1.82, 2.24) is 5.43 Å². The zero-order chi connectivity index (χ0) is 14.5. The van der Waals surface area contributed by atoms with Gasteiger partial charge in [0.15, 0.2) is 0 Å². The van der Waals surface area contributed by atoms with E-state index in [2.05, 4.69) is 5.43 Å². The molecule has 0 saturated heterocycles. The molecule has 0 radical (unpaired) electrons. The Hall–Kier alpha value is -2.04. The number of hydrazine groups is 1. The minimum Gasteiger partial charge on any atom is -0.489 e. The number of carbonyl (C=O) groups is 1. The van der Waals surface area contributed by atoms with E-state index in [1.54, 1.807) is 24.3 Å². The van der Waals surface area contributed by atoms with Gasteiger partial charge in [0, 0.05) is 16.1 Å². The first kappa shape index (κ1) is 14.4. The van der Waals surface area contributed by atoms with Gasteiger partial charge in [0.1, 0.15) is 12.4 Å². The van der Waals surface area contributed by atoms with Gasteiger partial charge in [-0.15, -0.1) is 0 Å². The molecule has 4 nitrogen and oxygen atoms in total. The molecule has 0 unspecified atom stereocenters. The van der Waals surface area contributed by atoms with Crippen LogP contribution in [-0.2, 0) is 6.61 Å². The predicted octanol–water partition coefficient (Wildman–Crippen LogP) is 2.83. The van der Waals surface area contributed by atoms with Crippen LogP contribution in [0.15, 0.2) is 42.5 Å². The molecule has 0 saturated carbocycles. The number of nitrogens with two attached hydrogens (primary N) is 1. The summed E-state index contributed by atoms with van der Waals surface area (Å²) in [6.07, 6.45) is 0. The third kappa shape index (κ3) is 3.29. The van der Waals surface area contributed by atoms with Crippen molar-refractivity contribution in [2.45, 2.75) is 13.5 Å². The smallest absolute Gasteiger partial charge is 0.265 e. The number of hydrogen-bond acceptors (Lipinski definition) is 3. The maximum absolute atomic E-state index is 11.6. The van der Waals surface area contributed by atoms with Gasteiger partial charge in [0.05, 0.1) is 0 Å². The van der Waals surface area contributed by atoms with Crippen LogP contribution in [0.3, 0.4) is 0 Å². The largest absolute Gasteiger partial charge is 0.489 e. The van der Waals surface area contributed by atoms with Crippen LogP contribution in [0.2, 0.25) is 5.02 Å². The summed E-state index contributed by atoms with van der Waals surface area (Å²) in [5, 5.41) is 0.695. The molecule has 0 heterocycles. The molecule has 2 aromatic rings. The van der Waals surface area contributed by atoms with Gasteiger partial charge < -0.3 is 4.74 Å². The van der Waals surface area contributed by atoms with E-state index in [0.717, 1.165) is 11.1 Å². The van der Waals surface area contributed by atoms with E-state index in [9.17, 15) is 4.79 Å². The molecule has 0 fully saturated rings. The summed E-state index contributed by atoms with van der Waals surface area (Å²) in [6.45, 7) is 2.19. The molecule has 3 N–H and O–H groups in total. The Bertz CT molecular complexity index is 629. The van der Waals surface area contributed by atoms with Crippen molar-refractivity contribution in [3.63, 3.8) is 0 Å². The minimum absolute atomic E-state index is 0.282. The zero-order valence-corrected chi connectivity index (χ0v) is 11.8. The van der Waals surface area contributed by atoms with Crippen LogP contribution in [0.4, 0.5) is 0 Å². The molecule has 0 aliphatic carbocycles. The molecule has 5 heteroatoms. The summed E-state index contributed by atoms with van der Waals surface area (Å²) in [4.78, 5) is 11.6. The number of ether oxygens (including phenoxy) is 1. The van der Waals surface area contributed by atoms with Gasteiger partial charge in [0.25, 0.3) is 5.91 Å². The van der Waals surface area contributed by atoms with Crippen molar-refractivity contribution in [3.05, 3.63) is 64.2 Å². The summed E-state index contributed by atoms with van der Waals surface area (Å²) in [6, 6.07) is 12.6. The third-order valence-corrected chi connectivity index (χ3v) is 3.34. The molecule has 0 atom stereocenters. The first-order chi connectivity index (χ1) is 9.61. The van der Waals surface area contributed by atoms with Crippen LogP contribution < -0.4 is 16.0 Å². The summed E-state index contributed by atoms with van der Waals surface area (Å²) < 4.78 is 5.68. The maximum Gasteiger partial charge on any atom is 0.265 e. The number of rotatable bonds is 4. The van der Waals surface area contributed by atoms with Gasteiger partial charge in [-0.1, -0.05) is 29.8 Å². The topological polar surface area (TPSA) is 64.3 Å². The van der Waals surface area contributed by atoms with Crippen molar-refractivity contribution in [3.8, 4) is 5.75 Å². The molecule has 2 aromatic carbocycles. The number of halogens is 1. The van der Waals surface area contributed by atoms with Gasteiger partial charge in [0.2, 0.25) is 0 Å². The van der Waals surface area contributed by atoms with Crippen molar-refractivity contribution < 1.29 is 9.53 Å². The number of carbonyl (C=O) groups excluding carboxylic acids is 1. The van der Waals surface area contributed by atoms with Crippen LogP contribution in [0.25, 0.3) is 0 Å². The first-order valence-electron chi connectivity index (χ1n) is 6.09. The van der Waals surface area contributed by atoms with Crippen molar-refractivity contribution in [2.24, 2.45) is 5.84 Å². The van der Waals surface area contributed by atoms with E-state index in [4.69, 9.17) is 22.2 Å². The fourth-order valence-corrected chi connectivity index (χ4v) is 1.93. The lowest BCUT2D eigenvalue weighted by atomic mass is 10.1. The van der Waals surface area contributed by atoms with Crippen molar-refractivity contribution >= 4 is 17.5 Å². The monoisotopic (exact) mass is 290 g/mol. The second kappa shape index (κ2) is 6.41. The Morgan fingerprint density at radius 3 is 2.75 bits per heavy atom. The first-order valence-corrected chi connectivity index (χ1v) is 6.47. The lowest BCUT2D eigenvalue weighted by Crippen LogP contribution is -2.30. The molecule has 0 aliphatic heterocycles. The number of aryl methyl sites for hydroxylation is 1. The number of benzene rings is 2.